The summed E-state index contributed by atoms with van der Waals surface area (Å²) in [5, 5.41) is 3.08. The maximum Gasteiger partial charge on any atom is 0.340 e. The first kappa shape index (κ1) is 14.6. The summed E-state index contributed by atoms with van der Waals surface area (Å²) in [5.41, 5.74) is 7.19. The van der Waals surface area contributed by atoms with Gasteiger partial charge in [0.1, 0.15) is 5.75 Å². The van der Waals surface area contributed by atoms with Crippen LogP contribution in [0.3, 0.4) is 0 Å². The molecule has 0 aliphatic heterocycles. The molecule has 0 aliphatic carbocycles. The monoisotopic (exact) mass is 287 g/mol. The Morgan fingerprint density at radius 3 is 2.81 bits per heavy atom. The zero-order valence-electron chi connectivity index (χ0n) is 11.9. The van der Waals surface area contributed by atoms with E-state index in [0.29, 0.717) is 18.2 Å². The molecule has 110 valence electrons. The average Bonchev–Trinajstić information content (AvgIpc) is 2.51. The van der Waals surface area contributed by atoms with Gasteiger partial charge in [0, 0.05) is 6.20 Å². The Hall–Kier alpha value is -2.76. The highest BCUT2D eigenvalue weighted by atomic mass is 16.5. The number of nitrogens with one attached hydrogen (secondary N) is 1. The first-order valence-electron chi connectivity index (χ1n) is 6.49. The number of methoxy groups -OCH3 is 1. The summed E-state index contributed by atoms with van der Waals surface area (Å²) in [6, 6.07) is 8.94. The molecule has 2 aromatic rings. The fourth-order valence-corrected chi connectivity index (χ4v) is 1.84. The average molecular weight is 287 g/mol. The number of carbonyl (C=O) groups is 1. The van der Waals surface area contributed by atoms with Crippen LogP contribution in [0.4, 0.5) is 17.2 Å². The van der Waals surface area contributed by atoms with Crippen molar-refractivity contribution in [2.45, 2.75) is 6.92 Å². The maximum atomic E-state index is 11.6. The van der Waals surface area contributed by atoms with Gasteiger partial charge in [0.15, 0.2) is 5.82 Å². The summed E-state index contributed by atoms with van der Waals surface area (Å²) in [7, 11) is 1.31. The third kappa shape index (κ3) is 3.22. The summed E-state index contributed by atoms with van der Waals surface area (Å²) in [5.74, 6) is 0.561. The van der Waals surface area contributed by atoms with E-state index in [9.17, 15) is 4.79 Å². The lowest BCUT2D eigenvalue weighted by Gasteiger charge is -2.14. The Labute approximate surface area is 122 Å². The van der Waals surface area contributed by atoms with E-state index in [1.54, 1.807) is 0 Å². The molecule has 21 heavy (non-hydrogen) atoms. The molecule has 0 saturated carbocycles. The zero-order chi connectivity index (χ0) is 15.2. The van der Waals surface area contributed by atoms with Crippen molar-refractivity contribution < 1.29 is 14.3 Å². The first-order chi connectivity index (χ1) is 10.2. The van der Waals surface area contributed by atoms with E-state index < -0.39 is 5.97 Å². The van der Waals surface area contributed by atoms with Crippen molar-refractivity contribution in [1.29, 1.82) is 0 Å². The molecule has 1 aromatic heterocycles. The standard InChI is InChI=1S/C15H17N3O3/c1-3-21-12-7-5-4-6-11(12)18-14-13(16)10(8-9-17-14)15(19)20-2/h4-9H,3,16H2,1-2H3,(H,17,18). The molecule has 2 rings (SSSR count). The number of ether oxygens (including phenoxy) is 2. The van der Waals surface area contributed by atoms with Gasteiger partial charge in [0.05, 0.1) is 30.7 Å². The molecule has 0 unspecified atom stereocenters. The van der Waals surface area contributed by atoms with Crippen molar-refractivity contribution in [3.05, 3.63) is 42.1 Å². The van der Waals surface area contributed by atoms with Crippen molar-refractivity contribution in [2.24, 2.45) is 0 Å². The minimum atomic E-state index is -0.504. The van der Waals surface area contributed by atoms with E-state index in [0.717, 1.165) is 5.69 Å². The lowest BCUT2D eigenvalue weighted by molar-refractivity contribution is 0.0602. The Morgan fingerprint density at radius 1 is 1.33 bits per heavy atom. The number of benzene rings is 1. The number of nitrogens with zero attached hydrogens (tertiary/aromatic N) is 1. The van der Waals surface area contributed by atoms with E-state index in [-0.39, 0.29) is 11.3 Å². The molecule has 0 amide bonds. The largest absolute Gasteiger partial charge is 0.492 e. The van der Waals surface area contributed by atoms with E-state index in [2.05, 4.69) is 15.0 Å². The number of hydrogen-bond acceptors (Lipinski definition) is 6. The second kappa shape index (κ2) is 6.60. The number of rotatable bonds is 5. The second-order valence-electron chi connectivity index (χ2n) is 4.17. The van der Waals surface area contributed by atoms with Gasteiger partial charge in [-0.05, 0) is 25.1 Å². The number of anilines is 3. The number of para-hydroxylation sites is 2. The van der Waals surface area contributed by atoms with Gasteiger partial charge in [-0.1, -0.05) is 12.1 Å². The quantitative estimate of drug-likeness (QED) is 0.822. The fourth-order valence-electron chi connectivity index (χ4n) is 1.84. The number of carbonyl (C=O) groups excluding carboxylic acids is 1. The van der Waals surface area contributed by atoms with E-state index in [1.165, 1.54) is 19.4 Å². The van der Waals surface area contributed by atoms with Gasteiger partial charge in [0.25, 0.3) is 0 Å². The van der Waals surface area contributed by atoms with Gasteiger partial charge >= 0.3 is 5.97 Å². The predicted octanol–water partition coefficient (Wildman–Crippen LogP) is 2.59. The smallest absolute Gasteiger partial charge is 0.340 e. The van der Waals surface area contributed by atoms with Gasteiger partial charge in [-0.25, -0.2) is 9.78 Å². The number of esters is 1. The second-order valence-corrected chi connectivity index (χ2v) is 4.17. The highest BCUT2D eigenvalue weighted by Crippen LogP contribution is 2.30. The topological polar surface area (TPSA) is 86.5 Å². The predicted molar refractivity (Wildman–Crippen MR) is 80.9 cm³/mol. The van der Waals surface area contributed by atoms with Gasteiger partial charge < -0.3 is 20.5 Å². The molecule has 0 bridgehead atoms. The molecule has 0 fully saturated rings. The number of aromatic nitrogens is 1. The van der Waals surface area contributed by atoms with Crippen molar-refractivity contribution in [3.63, 3.8) is 0 Å². The molecule has 6 heteroatoms. The van der Waals surface area contributed by atoms with Crippen molar-refractivity contribution in [1.82, 2.24) is 4.98 Å². The third-order valence-electron chi connectivity index (χ3n) is 2.84. The number of nitrogens with two attached hydrogens (primary N) is 1. The lowest BCUT2D eigenvalue weighted by atomic mass is 10.2. The van der Waals surface area contributed by atoms with Gasteiger partial charge in [0.2, 0.25) is 0 Å². The summed E-state index contributed by atoms with van der Waals surface area (Å²) in [4.78, 5) is 15.8. The van der Waals surface area contributed by atoms with Crippen LogP contribution in [0.1, 0.15) is 17.3 Å². The van der Waals surface area contributed by atoms with Crippen LogP contribution in [0.2, 0.25) is 0 Å². The van der Waals surface area contributed by atoms with Crippen LogP contribution in [-0.4, -0.2) is 24.7 Å². The van der Waals surface area contributed by atoms with Gasteiger partial charge in [-0.15, -0.1) is 0 Å². The number of nitrogen functional groups attached to an aromatic ring is 1. The van der Waals surface area contributed by atoms with Crippen LogP contribution in [0.25, 0.3) is 0 Å². The number of hydrogen-bond donors (Lipinski definition) is 2. The molecule has 0 atom stereocenters. The van der Waals surface area contributed by atoms with E-state index in [1.807, 2.05) is 31.2 Å². The SMILES string of the molecule is CCOc1ccccc1Nc1nccc(C(=O)OC)c1N. The minimum Gasteiger partial charge on any atom is -0.492 e. The number of pyridine rings is 1. The molecular weight excluding hydrogens is 270 g/mol. The van der Waals surface area contributed by atoms with E-state index in [4.69, 9.17) is 10.5 Å². The highest BCUT2D eigenvalue weighted by Gasteiger charge is 2.14. The zero-order valence-corrected chi connectivity index (χ0v) is 11.9. The minimum absolute atomic E-state index is 0.232. The summed E-state index contributed by atoms with van der Waals surface area (Å²) < 4.78 is 10.2. The van der Waals surface area contributed by atoms with Crippen LogP contribution in [0.15, 0.2) is 36.5 Å². The van der Waals surface area contributed by atoms with E-state index >= 15 is 0 Å². The van der Waals surface area contributed by atoms with Crippen LogP contribution < -0.4 is 15.8 Å². The molecule has 3 N–H and O–H groups in total. The molecule has 0 spiro atoms. The lowest BCUT2D eigenvalue weighted by Crippen LogP contribution is -2.09. The Morgan fingerprint density at radius 2 is 2.10 bits per heavy atom. The van der Waals surface area contributed by atoms with Crippen molar-refractivity contribution in [2.75, 3.05) is 24.8 Å². The summed E-state index contributed by atoms with van der Waals surface area (Å²) in [6.07, 6.45) is 1.49. The molecule has 0 aliphatic rings. The van der Waals surface area contributed by atoms with Crippen LogP contribution in [-0.2, 0) is 4.74 Å². The van der Waals surface area contributed by atoms with Gasteiger partial charge in [-0.2, -0.15) is 0 Å². The highest BCUT2D eigenvalue weighted by molar-refractivity contribution is 5.98. The molecule has 6 nitrogen and oxygen atoms in total. The maximum absolute atomic E-state index is 11.6. The fraction of sp³-hybridized carbons (Fsp3) is 0.200. The summed E-state index contributed by atoms with van der Waals surface area (Å²) in [6.45, 7) is 2.45. The van der Waals surface area contributed by atoms with Crippen LogP contribution in [0.5, 0.6) is 5.75 Å². The molecule has 1 heterocycles. The molecule has 0 saturated heterocycles. The first-order valence-corrected chi connectivity index (χ1v) is 6.49. The molecular formula is C15H17N3O3. The summed E-state index contributed by atoms with van der Waals surface area (Å²) >= 11 is 0. The van der Waals surface area contributed by atoms with Crippen LogP contribution in [0, 0.1) is 0 Å². The van der Waals surface area contributed by atoms with Crippen molar-refractivity contribution >= 4 is 23.2 Å². The Bertz CT molecular complexity index is 644. The van der Waals surface area contributed by atoms with Crippen LogP contribution >= 0.6 is 0 Å². The van der Waals surface area contributed by atoms with Crippen molar-refractivity contribution in [3.8, 4) is 5.75 Å². The Balaban J connectivity index is 2.34. The van der Waals surface area contributed by atoms with Gasteiger partial charge in [-0.3, -0.25) is 0 Å². The molecule has 0 radical (unpaired) electrons. The third-order valence-corrected chi connectivity index (χ3v) is 2.84. The Kier molecular flexibility index (Phi) is 4.61. The normalized spacial score (nSPS) is 10.0. The molecule has 1 aromatic carbocycles.